The predicted molar refractivity (Wildman–Crippen MR) is 55.7 cm³/mol. The number of rotatable bonds is 1. The Hall–Kier alpha value is -1.81. The Kier molecular flexibility index (Phi) is 2.21. The van der Waals surface area contributed by atoms with Gasteiger partial charge >= 0.3 is 5.97 Å². The van der Waals surface area contributed by atoms with Crippen molar-refractivity contribution in [3.05, 3.63) is 34.9 Å². The van der Waals surface area contributed by atoms with E-state index in [9.17, 15) is 9.59 Å². The predicted octanol–water partition coefficient (Wildman–Crippen LogP) is 1.76. The third-order valence-corrected chi connectivity index (χ3v) is 2.27. The molecular formula is C10H6ClNO3. The minimum absolute atomic E-state index is 0.125. The Bertz CT molecular complexity index is 493. The normalized spacial score (nSPS) is 16.3. The molecule has 0 fully saturated rings. The number of hydrogen-bond donors (Lipinski definition) is 2. The highest BCUT2D eigenvalue weighted by Gasteiger charge is 2.24. The molecule has 0 radical (unpaired) electrons. The van der Waals surface area contributed by atoms with Crippen molar-refractivity contribution in [1.29, 1.82) is 0 Å². The highest BCUT2D eigenvalue weighted by atomic mass is 35.5. The highest BCUT2D eigenvalue weighted by molar-refractivity contribution is 6.35. The molecule has 0 aromatic heterocycles. The summed E-state index contributed by atoms with van der Waals surface area (Å²) in [5.41, 5.74) is 1.23. The molecule has 0 bridgehead atoms. The molecule has 0 saturated carbocycles. The van der Waals surface area contributed by atoms with E-state index in [0.29, 0.717) is 16.3 Å². The first-order valence-electron chi connectivity index (χ1n) is 4.14. The third-order valence-electron chi connectivity index (χ3n) is 2.03. The van der Waals surface area contributed by atoms with E-state index >= 15 is 0 Å². The molecule has 1 aliphatic heterocycles. The zero-order valence-corrected chi connectivity index (χ0v) is 8.21. The average molecular weight is 224 g/mol. The van der Waals surface area contributed by atoms with Crippen LogP contribution in [-0.2, 0) is 9.59 Å². The van der Waals surface area contributed by atoms with Crippen molar-refractivity contribution < 1.29 is 14.7 Å². The molecule has 15 heavy (non-hydrogen) atoms. The number of nitrogens with one attached hydrogen (secondary N) is 1. The summed E-state index contributed by atoms with van der Waals surface area (Å²) in [6.45, 7) is 0. The lowest BCUT2D eigenvalue weighted by atomic mass is 10.1. The van der Waals surface area contributed by atoms with Gasteiger partial charge in [0.05, 0.1) is 5.57 Å². The quantitative estimate of drug-likeness (QED) is 0.713. The van der Waals surface area contributed by atoms with Crippen molar-refractivity contribution in [3.8, 4) is 0 Å². The molecule has 0 saturated heterocycles. The number of carboxylic acids is 1. The third kappa shape index (κ3) is 1.71. The molecular weight excluding hydrogens is 218 g/mol. The van der Waals surface area contributed by atoms with Crippen LogP contribution in [-0.4, -0.2) is 17.0 Å². The van der Waals surface area contributed by atoms with Gasteiger partial charge in [0, 0.05) is 22.3 Å². The molecule has 0 spiro atoms. The SMILES string of the molecule is O=C(O)C=C1C(=O)Nc2ccc(Cl)cc21. The van der Waals surface area contributed by atoms with Crippen molar-refractivity contribution in [2.45, 2.75) is 0 Å². The van der Waals surface area contributed by atoms with E-state index in [-0.39, 0.29) is 5.57 Å². The maximum atomic E-state index is 11.4. The Morgan fingerprint density at radius 2 is 2.20 bits per heavy atom. The summed E-state index contributed by atoms with van der Waals surface area (Å²) in [6.07, 6.45) is 0.873. The van der Waals surface area contributed by atoms with Crippen molar-refractivity contribution in [2.24, 2.45) is 0 Å². The van der Waals surface area contributed by atoms with Gasteiger partial charge in [-0.25, -0.2) is 4.79 Å². The zero-order valence-electron chi connectivity index (χ0n) is 7.45. The van der Waals surface area contributed by atoms with E-state index in [1.54, 1.807) is 18.2 Å². The minimum Gasteiger partial charge on any atom is -0.478 e. The van der Waals surface area contributed by atoms with E-state index in [4.69, 9.17) is 16.7 Å². The Balaban J connectivity index is 2.58. The van der Waals surface area contributed by atoms with E-state index in [2.05, 4.69) is 5.32 Å². The number of benzene rings is 1. The van der Waals surface area contributed by atoms with E-state index in [0.717, 1.165) is 6.08 Å². The number of amides is 1. The molecule has 1 aromatic rings. The fourth-order valence-electron chi connectivity index (χ4n) is 1.43. The van der Waals surface area contributed by atoms with Gasteiger partial charge in [-0.2, -0.15) is 0 Å². The first-order valence-corrected chi connectivity index (χ1v) is 4.51. The number of aliphatic carboxylic acids is 1. The lowest BCUT2D eigenvalue weighted by Gasteiger charge is -1.97. The molecule has 4 nitrogen and oxygen atoms in total. The molecule has 1 aromatic carbocycles. The van der Waals surface area contributed by atoms with Gasteiger partial charge in [0.25, 0.3) is 5.91 Å². The molecule has 2 rings (SSSR count). The monoisotopic (exact) mass is 223 g/mol. The van der Waals surface area contributed by atoms with Crippen molar-refractivity contribution >= 4 is 34.7 Å². The van der Waals surface area contributed by atoms with Gasteiger partial charge in [0.15, 0.2) is 0 Å². The van der Waals surface area contributed by atoms with Gasteiger partial charge in [0.1, 0.15) is 0 Å². The highest BCUT2D eigenvalue weighted by Crippen LogP contribution is 2.33. The lowest BCUT2D eigenvalue weighted by molar-refractivity contribution is -0.131. The van der Waals surface area contributed by atoms with Crippen LogP contribution in [0.5, 0.6) is 0 Å². The number of fused-ring (bicyclic) bond motifs is 1. The minimum atomic E-state index is -1.16. The van der Waals surface area contributed by atoms with Crippen LogP contribution in [0.15, 0.2) is 24.3 Å². The lowest BCUT2D eigenvalue weighted by Crippen LogP contribution is -2.05. The van der Waals surface area contributed by atoms with Crippen LogP contribution in [0.3, 0.4) is 0 Å². The van der Waals surface area contributed by atoms with Gasteiger partial charge in [-0.15, -0.1) is 0 Å². The molecule has 0 aliphatic carbocycles. The molecule has 76 valence electrons. The van der Waals surface area contributed by atoms with Crippen LogP contribution in [0.2, 0.25) is 5.02 Å². The Morgan fingerprint density at radius 1 is 1.47 bits per heavy atom. The topological polar surface area (TPSA) is 66.4 Å². The smallest absolute Gasteiger partial charge is 0.329 e. The summed E-state index contributed by atoms with van der Waals surface area (Å²) in [7, 11) is 0. The van der Waals surface area contributed by atoms with Crippen LogP contribution >= 0.6 is 11.6 Å². The van der Waals surface area contributed by atoms with Crippen LogP contribution in [0.1, 0.15) is 5.56 Å². The Morgan fingerprint density at radius 3 is 2.87 bits per heavy atom. The van der Waals surface area contributed by atoms with E-state index < -0.39 is 11.9 Å². The van der Waals surface area contributed by atoms with Crippen LogP contribution in [0.4, 0.5) is 5.69 Å². The number of carbonyl (C=O) groups is 2. The second kappa shape index (κ2) is 3.40. The van der Waals surface area contributed by atoms with Crippen molar-refractivity contribution in [3.63, 3.8) is 0 Å². The van der Waals surface area contributed by atoms with Gasteiger partial charge in [-0.05, 0) is 18.2 Å². The van der Waals surface area contributed by atoms with Gasteiger partial charge in [0.2, 0.25) is 0 Å². The molecule has 5 heteroatoms. The number of hydrogen-bond acceptors (Lipinski definition) is 2. The number of carbonyl (C=O) groups excluding carboxylic acids is 1. The standard InChI is InChI=1S/C10H6ClNO3/c11-5-1-2-8-6(3-5)7(4-9(13)14)10(15)12-8/h1-4H,(H,12,15)(H,13,14). The molecule has 2 N–H and O–H groups in total. The van der Waals surface area contributed by atoms with E-state index in [1.165, 1.54) is 0 Å². The first-order chi connectivity index (χ1) is 7.08. The largest absolute Gasteiger partial charge is 0.478 e. The Labute approximate surface area is 90.2 Å². The number of anilines is 1. The molecule has 0 unspecified atom stereocenters. The maximum Gasteiger partial charge on any atom is 0.329 e. The zero-order chi connectivity index (χ0) is 11.0. The summed E-state index contributed by atoms with van der Waals surface area (Å²) in [4.78, 5) is 21.9. The van der Waals surface area contributed by atoms with Crippen LogP contribution in [0, 0.1) is 0 Å². The molecule has 1 amide bonds. The number of carboxylic acid groups (broad SMARTS) is 1. The van der Waals surface area contributed by atoms with Crippen molar-refractivity contribution in [1.82, 2.24) is 0 Å². The fraction of sp³-hybridized carbons (Fsp3) is 0. The maximum absolute atomic E-state index is 11.4. The van der Waals surface area contributed by atoms with Gasteiger partial charge in [-0.3, -0.25) is 4.79 Å². The first kappa shape index (κ1) is 9.73. The molecule has 1 heterocycles. The summed E-state index contributed by atoms with van der Waals surface area (Å²) in [6, 6.07) is 4.83. The van der Waals surface area contributed by atoms with Gasteiger partial charge < -0.3 is 10.4 Å². The summed E-state index contributed by atoms with van der Waals surface area (Å²) in [5, 5.41) is 11.6. The van der Waals surface area contributed by atoms with Crippen LogP contribution < -0.4 is 5.32 Å². The van der Waals surface area contributed by atoms with Crippen LogP contribution in [0.25, 0.3) is 5.57 Å². The second-order valence-electron chi connectivity index (χ2n) is 3.04. The second-order valence-corrected chi connectivity index (χ2v) is 3.48. The van der Waals surface area contributed by atoms with E-state index in [1.807, 2.05) is 0 Å². The fourth-order valence-corrected chi connectivity index (χ4v) is 1.60. The number of halogens is 1. The summed E-state index contributed by atoms with van der Waals surface area (Å²) >= 11 is 5.76. The molecule has 0 atom stereocenters. The van der Waals surface area contributed by atoms with Crippen molar-refractivity contribution in [2.75, 3.05) is 5.32 Å². The summed E-state index contributed by atoms with van der Waals surface area (Å²) in [5.74, 6) is -1.58. The summed E-state index contributed by atoms with van der Waals surface area (Å²) < 4.78 is 0. The average Bonchev–Trinajstić information content (AvgIpc) is 2.43. The molecule has 1 aliphatic rings. The van der Waals surface area contributed by atoms with Gasteiger partial charge in [-0.1, -0.05) is 11.6 Å².